The third-order valence-electron chi connectivity index (χ3n) is 1.57. The lowest BCUT2D eigenvalue weighted by atomic mass is 10.3. The number of thiocarbonyl (C=S) groups is 1. The van der Waals surface area contributed by atoms with Gasteiger partial charge in [-0.25, -0.2) is 5.84 Å². The molecule has 0 aromatic heterocycles. The normalized spacial score (nSPS) is 12.8. The number of rotatable bonds is 3. The summed E-state index contributed by atoms with van der Waals surface area (Å²) >= 11 is 4.79. The molecule has 0 heterocycles. The zero-order chi connectivity index (χ0) is 8.85. The van der Waals surface area contributed by atoms with Gasteiger partial charge in [-0.1, -0.05) is 0 Å². The van der Waals surface area contributed by atoms with E-state index < -0.39 is 0 Å². The molecule has 4 N–H and O–H groups in total. The van der Waals surface area contributed by atoms with E-state index in [-0.39, 0.29) is 0 Å². The fraction of sp³-hybridized carbons (Fsp3) is 0.833. The second-order valence-electron chi connectivity index (χ2n) is 2.67. The van der Waals surface area contributed by atoms with Crippen molar-refractivity contribution in [2.45, 2.75) is 13.0 Å². The van der Waals surface area contributed by atoms with Gasteiger partial charge in [0.2, 0.25) is 0 Å². The molecule has 0 aromatic rings. The van der Waals surface area contributed by atoms with Crippen LogP contribution in [0.25, 0.3) is 0 Å². The summed E-state index contributed by atoms with van der Waals surface area (Å²) < 4.78 is 0. The largest absolute Gasteiger partial charge is 0.360 e. The predicted octanol–water partition coefficient (Wildman–Crippen LogP) is -0.726. The van der Waals surface area contributed by atoms with E-state index in [1.54, 1.807) is 0 Å². The third-order valence-corrected chi connectivity index (χ3v) is 1.83. The molecular formula is C6H16N4S. The number of hydrazine groups is 1. The molecule has 0 aliphatic carbocycles. The van der Waals surface area contributed by atoms with Crippen molar-refractivity contribution in [2.24, 2.45) is 5.84 Å². The van der Waals surface area contributed by atoms with E-state index in [1.807, 2.05) is 14.1 Å². The molecule has 0 aliphatic rings. The van der Waals surface area contributed by atoms with Crippen molar-refractivity contribution in [3.8, 4) is 0 Å². The Morgan fingerprint density at radius 2 is 2.18 bits per heavy atom. The molecule has 0 bridgehead atoms. The first-order valence-corrected chi connectivity index (χ1v) is 3.89. The molecule has 0 amide bonds. The summed E-state index contributed by atoms with van der Waals surface area (Å²) in [6, 6.07) is 0.446. The van der Waals surface area contributed by atoms with Gasteiger partial charge in [0.05, 0.1) is 0 Å². The van der Waals surface area contributed by atoms with E-state index in [1.165, 1.54) is 0 Å². The maximum Gasteiger partial charge on any atom is 0.180 e. The van der Waals surface area contributed by atoms with Crippen LogP contribution >= 0.6 is 12.2 Å². The van der Waals surface area contributed by atoms with Gasteiger partial charge in [-0.15, -0.1) is 0 Å². The Bertz CT molecular complexity index is 126. The van der Waals surface area contributed by atoms with Crippen LogP contribution in [0.2, 0.25) is 0 Å². The molecule has 0 saturated carbocycles. The van der Waals surface area contributed by atoms with Crippen LogP contribution in [0.1, 0.15) is 6.92 Å². The van der Waals surface area contributed by atoms with Crippen LogP contribution in [0.4, 0.5) is 0 Å². The molecule has 5 heteroatoms. The van der Waals surface area contributed by atoms with Crippen molar-refractivity contribution < 1.29 is 0 Å². The Morgan fingerprint density at radius 1 is 1.64 bits per heavy atom. The average molecular weight is 176 g/mol. The van der Waals surface area contributed by atoms with Gasteiger partial charge >= 0.3 is 0 Å². The molecule has 0 saturated heterocycles. The van der Waals surface area contributed by atoms with E-state index in [4.69, 9.17) is 18.1 Å². The van der Waals surface area contributed by atoms with Crippen LogP contribution in [-0.2, 0) is 0 Å². The Balaban J connectivity index is 3.45. The lowest BCUT2D eigenvalue weighted by molar-refractivity contribution is 0.313. The number of hydrogen-bond acceptors (Lipinski definition) is 3. The van der Waals surface area contributed by atoms with Crippen LogP contribution in [0.5, 0.6) is 0 Å². The van der Waals surface area contributed by atoms with Crippen LogP contribution in [0.15, 0.2) is 0 Å². The van der Waals surface area contributed by atoms with E-state index in [2.05, 4.69) is 22.6 Å². The molecule has 11 heavy (non-hydrogen) atoms. The van der Waals surface area contributed by atoms with Crippen LogP contribution in [0, 0.1) is 0 Å². The minimum atomic E-state index is 0.446. The zero-order valence-corrected chi connectivity index (χ0v) is 8.03. The average Bonchev–Trinajstić information content (AvgIpc) is 1.99. The van der Waals surface area contributed by atoms with Crippen molar-refractivity contribution >= 4 is 17.3 Å². The van der Waals surface area contributed by atoms with Crippen molar-refractivity contribution in [3.05, 3.63) is 0 Å². The predicted molar refractivity (Wildman–Crippen MR) is 51.1 cm³/mol. The van der Waals surface area contributed by atoms with E-state index >= 15 is 0 Å². The van der Waals surface area contributed by atoms with E-state index in [9.17, 15) is 0 Å². The van der Waals surface area contributed by atoms with Gasteiger partial charge in [-0.2, -0.15) is 0 Å². The van der Waals surface area contributed by atoms with Crippen LogP contribution in [0.3, 0.4) is 0 Å². The van der Waals surface area contributed by atoms with Crippen molar-refractivity contribution in [2.75, 3.05) is 20.6 Å². The summed E-state index contributed by atoms with van der Waals surface area (Å²) in [6.45, 7) is 2.90. The summed E-state index contributed by atoms with van der Waals surface area (Å²) in [5.74, 6) is 5.07. The number of hydrogen-bond donors (Lipinski definition) is 3. The topological polar surface area (TPSA) is 53.3 Å². The van der Waals surface area contributed by atoms with Crippen molar-refractivity contribution in [1.82, 2.24) is 15.6 Å². The summed E-state index contributed by atoms with van der Waals surface area (Å²) in [5, 5.41) is 3.45. The van der Waals surface area contributed by atoms with Crippen molar-refractivity contribution in [3.63, 3.8) is 0 Å². The first-order chi connectivity index (χ1) is 5.07. The first kappa shape index (κ1) is 10.6. The Morgan fingerprint density at radius 3 is 2.55 bits per heavy atom. The van der Waals surface area contributed by atoms with E-state index in [0.717, 1.165) is 6.54 Å². The Hall–Kier alpha value is -0.390. The molecular weight excluding hydrogens is 160 g/mol. The fourth-order valence-corrected chi connectivity index (χ4v) is 0.557. The smallest absolute Gasteiger partial charge is 0.180 e. The number of nitrogens with one attached hydrogen (secondary N) is 2. The molecule has 0 fully saturated rings. The molecule has 0 aliphatic heterocycles. The van der Waals surface area contributed by atoms with Crippen LogP contribution < -0.4 is 16.6 Å². The highest BCUT2D eigenvalue weighted by Crippen LogP contribution is 1.87. The van der Waals surface area contributed by atoms with Crippen molar-refractivity contribution in [1.29, 1.82) is 0 Å². The van der Waals surface area contributed by atoms with Gasteiger partial charge in [-0.05, 0) is 33.2 Å². The summed E-state index contributed by atoms with van der Waals surface area (Å²) in [7, 11) is 4.04. The summed E-state index contributed by atoms with van der Waals surface area (Å²) in [4.78, 5) is 2.10. The van der Waals surface area contributed by atoms with Gasteiger partial charge in [-0.3, -0.25) is 0 Å². The first-order valence-electron chi connectivity index (χ1n) is 3.48. The maximum absolute atomic E-state index is 5.07. The Kier molecular flexibility index (Phi) is 5.10. The zero-order valence-electron chi connectivity index (χ0n) is 7.22. The lowest BCUT2D eigenvalue weighted by Gasteiger charge is -2.20. The minimum Gasteiger partial charge on any atom is -0.360 e. The third kappa shape index (κ3) is 4.94. The highest BCUT2D eigenvalue weighted by molar-refractivity contribution is 7.80. The number of likely N-dealkylation sites (N-methyl/N-ethyl adjacent to an activating group) is 1. The number of nitrogens with zero attached hydrogens (tertiary/aromatic N) is 1. The highest BCUT2D eigenvalue weighted by Gasteiger charge is 2.03. The fourth-order valence-electron chi connectivity index (χ4n) is 0.474. The van der Waals surface area contributed by atoms with Gasteiger partial charge in [0.1, 0.15) is 0 Å². The Labute approximate surface area is 73.1 Å². The quantitative estimate of drug-likeness (QED) is 0.301. The second kappa shape index (κ2) is 5.29. The van der Waals surface area contributed by atoms with Gasteiger partial charge in [0.25, 0.3) is 0 Å². The maximum atomic E-state index is 5.07. The van der Waals surface area contributed by atoms with Gasteiger partial charge < -0.3 is 15.6 Å². The SMILES string of the molecule is CC(CNC(=S)NN)N(C)C. The monoisotopic (exact) mass is 176 g/mol. The second-order valence-corrected chi connectivity index (χ2v) is 3.08. The lowest BCUT2D eigenvalue weighted by Crippen LogP contribution is -2.45. The highest BCUT2D eigenvalue weighted by atomic mass is 32.1. The molecule has 66 valence electrons. The molecule has 0 rings (SSSR count). The summed E-state index contributed by atoms with van der Waals surface area (Å²) in [6.07, 6.45) is 0. The molecule has 0 aromatic carbocycles. The molecule has 0 radical (unpaired) electrons. The molecule has 4 nitrogen and oxygen atoms in total. The minimum absolute atomic E-state index is 0.446. The van der Waals surface area contributed by atoms with Crippen LogP contribution in [-0.4, -0.2) is 36.7 Å². The summed E-state index contributed by atoms with van der Waals surface area (Å²) in [5.41, 5.74) is 2.36. The van der Waals surface area contributed by atoms with Gasteiger partial charge in [0, 0.05) is 12.6 Å². The van der Waals surface area contributed by atoms with E-state index in [0.29, 0.717) is 11.2 Å². The molecule has 1 unspecified atom stereocenters. The molecule has 0 spiro atoms. The van der Waals surface area contributed by atoms with Gasteiger partial charge in [0.15, 0.2) is 5.11 Å². The molecule has 1 atom stereocenters. The number of nitrogens with two attached hydrogens (primary N) is 1. The standard InChI is InChI=1S/C6H16N4S/c1-5(10(2)3)4-8-6(11)9-7/h5H,4,7H2,1-3H3,(H2,8,9,11).